The zero-order valence-electron chi connectivity index (χ0n) is 12.6. The van der Waals surface area contributed by atoms with Gasteiger partial charge in [-0.05, 0) is 24.5 Å². The average Bonchev–Trinajstić information content (AvgIpc) is 2.89. The first-order valence-corrected chi connectivity index (χ1v) is 7.24. The van der Waals surface area contributed by atoms with Gasteiger partial charge < -0.3 is 4.74 Å². The van der Waals surface area contributed by atoms with Gasteiger partial charge in [0, 0.05) is 18.7 Å². The molecule has 112 valence electrons. The maximum absolute atomic E-state index is 11.9. The number of ketones is 1. The van der Waals surface area contributed by atoms with Crippen molar-refractivity contribution in [3.63, 3.8) is 0 Å². The van der Waals surface area contributed by atoms with E-state index >= 15 is 0 Å². The van der Waals surface area contributed by atoms with E-state index in [-0.39, 0.29) is 18.3 Å². The van der Waals surface area contributed by atoms with Crippen LogP contribution < -0.4 is 0 Å². The van der Waals surface area contributed by atoms with E-state index in [0.29, 0.717) is 19.7 Å². The Balaban J connectivity index is 1.81. The molecule has 1 aromatic rings. The van der Waals surface area contributed by atoms with Crippen LogP contribution >= 0.6 is 0 Å². The summed E-state index contributed by atoms with van der Waals surface area (Å²) in [5.41, 5.74) is 2.97. The Morgan fingerprint density at radius 3 is 2.48 bits per heavy atom. The summed E-state index contributed by atoms with van der Waals surface area (Å²) in [5.74, 6) is -0.147. The van der Waals surface area contributed by atoms with E-state index in [1.165, 1.54) is 0 Å². The van der Waals surface area contributed by atoms with E-state index in [9.17, 15) is 9.59 Å². The molecule has 0 aliphatic carbocycles. The number of Topliss-reactive ketones (excluding diaryl/α,β-unsaturated/α-hetero) is 1. The van der Waals surface area contributed by atoms with Crippen LogP contribution in [0.2, 0.25) is 0 Å². The van der Waals surface area contributed by atoms with E-state index in [2.05, 4.69) is 0 Å². The van der Waals surface area contributed by atoms with E-state index in [4.69, 9.17) is 4.74 Å². The van der Waals surface area contributed by atoms with E-state index in [1.54, 1.807) is 6.92 Å². The van der Waals surface area contributed by atoms with Gasteiger partial charge >= 0.3 is 5.97 Å². The molecule has 0 saturated carbocycles. The number of carbonyl (C=O) groups excluding carboxylic acids is 2. The van der Waals surface area contributed by atoms with Crippen molar-refractivity contribution in [1.82, 2.24) is 4.90 Å². The summed E-state index contributed by atoms with van der Waals surface area (Å²) in [4.78, 5) is 25.4. The lowest BCUT2D eigenvalue weighted by molar-refractivity contribution is -0.146. The second-order valence-corrected chi connectivity index (χ2v) is 5.28. The number of ether oxygens (including phenoxy) is 1. The second-order valence-electron chi connectivity index (χ2n) is 5.28. The first kappa shape index (κ1) is 15.4. The number of esters is 1. The topological polar surface area (TPSA) is 46.6 Å². The zero-order chi connectivity index (χ0) is 15.2. The largest absolute Gasteiger partial charge is 0.460 e. The van der Waals surface area contributed by atoms with Gasteiger partial charge in [-0.2, -0.15) is 0 Å². The van der Waals surface area contributed by atoms with Crippen LogP contribution in [-0.4, -0.2) is 36.3 Å². The quantitative estimate of drug-likeness (QED) is 0.753. The summed E-state index contributed by atoms with van der Waals surface area (Å²) in [6, 6.07) is 9.61. The molecule has 0 atom stereocenters. The molecule has 0 spiro atoms. The van der Waals surface area contributed by atoms with E-state index in [1.807, 2.05) is 42.2 Å². The molecule has 21 heavy (non-hydrogen) atoms. The number of hydrogen-bond acceptors (Lipinski definition) is 4. The van der Waals surface area contributed by atoms with Gasteiger partial charge in [-0.3, -0.25) is 14.5 Å². The molecule has 0 saturated heterocycles. The summed E-state index contributed by atoms with van der Waals surface area (Å²) in [7, 11) is 0. The highest BCUT2D eigenvalue weighted by atomic mass is 16.5. The van der Waals surface area contributed by atoms with Crippen molar-refractivity contribution >= 4 is 11.8 Å². The smallest absolute Gasteiger partial charge is 0.320 e. The minimum atomic E-state index is -0.251. The van der Waals surface area contributed by atoms with Gasteiger partial charge in [-0.15, -0.1) is 0 Å². The Labute approximate surface area is 125 Å². The number of nitrogens with zero attached hydrogens (tertiary/aromatic N) is 1. The molecule has 0 amide bonds. The van der Waals surface area contributed by atoms with E-state index < -0.39 is 0 Å². The molecule has 0 bridgehead atoms. The first-order chi connectivity index (χ1) is 10.1. The van der Waals surface area contributed by atoms with Crippen molar-refractivity contribution in [2.24, 2.45) is 0 Å². The van der Waals surface area contributed by atoms with Gasteiger partial charge in [0.1, 0.15) is 6.61 Å². The number of benzene rings is 1. The van der Waals surface area contributed by atoms with Gasteiger partial charge in [0.25, 0.3) is 0 Å². The fourth-order valence-corrected chi connectivity index (χ4v) is 2.52. The third kappa shape index (κ3) is 4.26. The van der Waals surface area contributed by atoms with Gasteiger partial charge in [0.2, 0.25) is 0 Å². The Bertz CT molecular complexity index is 548. The predicted molar refractivity (Wildman–Crippen MR) is 80.7 cm³/mol. The van der Waals surface area contributed by atoms with Gasteiger partial charge in [0.05, 0.1) is 6.54 Å². The third-order valence-corrected chi connectivity index (χ3v) is 3.67. The van der Waals surface area contributed by atoms with Crippen molar-refractivity contribution in [3.05, 3.63) is 47.0 Å². The summed E-state index contributed by atoms with van der Waals surface area (Å²) >= 11 is 0. The molecule has 1 aliphatic rings. The molecule has 0 aromatic heterocycles. The highest BCUT2D eigenvalue weighted by Gasteiger charge is 2.25. The monoisotopic (exact) mass is 287 g/mol. The Morgan fingerprint density at radius 2 is 1.90 bits per heavy atom. The molecular formula is C17H21NO3. The van der Waals surface area contributed by atoms with E-state index in [0.717, 1.165) is 23.1 Å². The standard InChI is InChI=1S/C17H21NO3/c1-3-15-9-18(10-16(15)13(2)19)11-17(20)21-12-14-7-5-4-6-8-14/h4-8H,3,9-12H2,1-2H3. The van der Waals surface area contributed by atoms with Crippen LogP contribution in [0.3, 0.4) is 0 Å². The molecule has 2 rings (SSSR count). The van der Waals surface area contributed by atoms with Crippen molar-refractivity contribution in [1.29, 1.82) is 0 Å². The molecular weight excluding hydrogens is 266 g/mol. The van der Waals surface area contributed by atoms with Crippen molar-refractivity contribution in [2.45, 2.75) is 26.9 Å². The van der Waals surface area contributed by atoms with Crippen LogP contribution in [0.25, 0.3) is 0 Å². The third-order valence-electron chi connectivity index (χ3n) is 3.67. The fraction of sp³-hybridized carbons (Fsp3) is 0.412. The highest BCUT2D eigenvalue weighted by molar-refractivity contribution is 5.95. The highest BCUT2D eigenvalue weighted by Crippen LogP contribution is 2.20. The van der Waals surface area contributed by atoms with Crippen LogP contribution in [0.4, 0.5) is 0 Å². The predicted octanol–water partition coefficient (Wildman–Crippen LogP) is 2.34. The fourth-order valence-electron chi connectivity index (χ4n) is 2.52. The molecule has 4 heteroatoms. The Morgan fingerprint density at radius 1 is 1.19 bits per heavy atom. The van der Waals surface area contributed by atoms with Crippen LogP contribution in [0, 0.1) is 0 Å². The van der Waals surface area contributed by atoms with Crippen LogP contribution in [-0.2, 0) is 20.9 Å². The normalized spacial score (nSPS) is 15.3. The molecule has 1 aliphatic heterocycles. The number of rotatable bonds is 6. The summed E-state index contributed by atoms with van der Waals surface area (Å²) < 4.78 is 5.27. The van der Waals surface area contributed by atoms with Crippen molar-refractivity contribution < 1.29 is 14.3 Å². The van der Waals surface area contributed by atoms with Crippen LogP contribution in [0.5, 0.6) is 0 Å². The lowest BCUT2D eigenvalue weighted by atomic mass is 10.1. The minimum Gasteiger partial charge on any atom is -0.460 e. The van der Waals surface area contributed by atoms with Crippen molar-refractivity contribution in [2.75, 3.05) is 19.6 Å². The van der Waals surface area contributed by atoms with Crippen LogP contribution in [0.1, 0.15) is 25.8 Å². The maximum Gasteiger partial charge on any atom is 0.320 e. The molecule has 0 N–H and O–H groups in total. The first-order valence-electron chi connectivity index (χ1n) is 7.24. The zero-order valence-corrected chi connectivity index (χ0v) is 12.6. The van der Waals surface area contributed by atoms with Crippen molar-refractivity contribution in [3.8, 4) is 0 Å². The molecule has 1 aromatic carbocycles. The molecule has 0 radical (unpaired) electrons. The lowest BCUT2D eigenvalue weighted by Crippen LogP contribution is -2.30. The number of hydrogen-bond donors (Lipinski definition) is 0. The molecule has 1 heterocycles. The molecule has 0 fully saturated rings. The lowest BCUT2D eigenvalue weighted by Gasteiger charge is -2.15. The van der Waals surface area contributed by atoms with Gasteiger partial charge in [0.15, 0.2) is 5.78 Å². The van der Waals surface area contributed by atoms with Gasteiger partial charge in [-0.1, -0.05) is 37.3 Å². The summed E-state index contributed by atoms with van der Waals surface area (Å²) in [6.45, 7) is 5.39. The minimum absolute atomic E-state index is 0.104. The van der Waals surface area contributed by atoms with Gasteiger partial charge in [-0.25, -0.2) is 0 Å². The molecule has 4 nitrogen and oxygen atoms in total. The van der Waals surface area contributed by atoms with Crippen LogP contribution in [0.15, 0.2) is 41.5 Å². The maximum atomic E-state index is 11.9. The summed E-state index contributed by atoms with van der Waals surface area (Å²) in [5, 5.41) is 0. The molecule has 0 unspecified atom stereocenters. The Kier molecular flexibility index (Phi) is 5.28. The second kappa shape index (κ2) is 7.18. The average molecular weight is 287 g/mol. The SMILES string of the molecule is CCC1=C(C(C)=O)CN(CC(=O)OCc2ccccc2)C1. The number of carbonyl (C=O) groups is 2. The summed E-state index contributed by atoms with van der Waals surface area (Å²) in [6.07, 6.45) is 0.852. The Hall–Kier alpha value is -1.94.